The van der Waals surface area contributed by atoms with Crippen molar-refractivity contribution in [3.63, 3.8) is 0 Å². The van der Waals surface area contributed by atoms with Gasteiger partial charge in [-0.15, -0.1) is 0 Å². The summed E-state index contributed by atoms with van der Waals surface area (Å²) < 4.78 is 5.29. The van der Waals surface area contributed by atoms with Crippen molar-refractivity contribution in [2.75, 3.05) is 13.7 Å². The van der Waals surface area contributed by atoms with Crippen molar-refractivity contribution in [2.24, 2.45) is 0 Å². The summed E-state index contributed by atoms with van der Waals surface area (Å²) in [6, 6.07) is 5.32. The largest absolute Gasteiger partial charge is 0.507 e. The van der Waals surface area contributed by atoms with Crippen LogP contribution in [0.2, 0.25) is 0 Å². The Labute approximate surface area is 120 Å². The first-order chi connectivity index (χ1) is 9.56. The first kappa shape index (κ1) is 15.1. The molecule has 1 fully saturated rings. The lowest BCUT2D eigenvalue weighted by atomic mass is 9.77. The van der Waals surface area contributed by atoms with Crippen LogP contribution in [-0.2, 0) is 0 Å². The van der Waals surface area contributed by atoms with Crippen LogP contribution in [-0.4, -0.2) is 29.5 Å². The monoisotopic (exact) mass is 279 g/mol. The van der Waals surface area contributed by atoms with Crippen molar-refractivity contribution in [2.45, 2.75) is 50.7 Å². The number of benzene rings is 1. The minimum absolute atomic E-state index is 0.0159. The summed E-state index contributed by atoms with van der Waals surface area (Å²) in [6.07, 6.45) is 4.82. The van der Waals surface area contributed by atoms with Gasteiger partial charge in [0.15, 0.2) is 0 Å². The van der Waals surface area contributed by atoms with Crippen LogP contribution in [0.1, 0.15) is 50.6 Å². The van der Waals surface area contributed by atoms with Gasteiger partial charge >= 0.3 is 0 Å². The quantitative estimate of drug-likeness (QED) is 0.672. The summed E-state index contributed by atoms with van der Waals surface area (Å²) in [5, 5.41) is 23.4. The number of methoxy groups -OCH3 is 1. The summed E-state index contributed by atoms with van der Waals surface area (Å²) in [5.74, 6) is 0.949. The van der Waals surface area contributed by atoms with E-state index in [0.29, 0.717) is 5.75 Å². The zero-order valence-corrected chi connectivity index (χ0v) is 12.4. The number of phenolic OH excluding ortho intramolecular Hbond substituents is 1. The molecule has 4 heteroatoms. The van der Waals surface area contributed by atoms with E-state index in [0.717, 1.165) is 44.2 Å². The normalized spacial score (nSPS) is 18.4. The zero-order chi connectivity index (χ0) is 14.6. The molecule has 0 aromatic heterocycles. The predicted octanol–water partition coefficient (Wildman–Crippen LogP) is 2.75. The molecular weight excluding hydrogens is 254 g/mol. The predicted molar refractivity (Wildman–Crippen MR) is 79.1 cm³/mol. The van der Waals surface area contributed by atoms with Gasteiger partial charge in [-0.2, -0.15) is 0 Å². The SMILES string of the molecule is COc1cccc(O)c1C(C)NCCCC1(O)CCC1. The van der Waals surface area contributed by atoms with E-state index in [2.05, 4.69) is 5.32 Å². The van der Waals surface area contributed by atoms with E-state index in [-0.39, 0.29) is 11.8 Å². The molecule has 1 aliphatic carbocycles. The van der Waals surface area contributed by atoms with Crippen molar-refractivity contribution >= 4 is 0 Å². The van der Waals surface area contributed by atoms with Crippen molar-refractivity contribution in [3.8, 4) is 11.5 Å². The van der Waals surface area contributed by atoms with Crippen LogP contribution < -0.4 is 10.1 Å². The van der Waals surface area contributed by atoms with E-state index >= 15 is 0 Å². The molecule has 1 saturated carbocycles. The third-order valence-electron chi connectivity index (χ3n) is 4.25. The van der Waals surface area contributed by atoms with Crippen LogP contribution >= 0.6 is 0 Å². The summed E-state index contributed by atoms with van der Waals surface area (Å²) in [7, 11) is 1.61. The minimum atomic E-state index is -0.405. The number of hydrogen-bond donors (Lipinski definition) is 3. The molecule has 0 amide bonds. The third kappa shape index (κ3) is 3.44. The number of hydrogen-bond acceptors (Lipinski definition) is 4. The summed E-state index contributed by atoms with van der Waals surface area (Å²) in [6.45, 7) is 2.83. The Hall–Kier alpha value is -1.26. The molecule has 1 atom stereocenters. The number of ether oxygens (including phenoxy) is 1. The first-order valence-electron chi connectivity index (χ1n) is 7.37. The summed E-state index contributed by atoms with van der Waals surface area (Å²) in [5.41, 5.74) is 0.384. The van der Waals surface area contributed by atoms with Crippen LogP contribution in [0.3, 0.4) is 0 Å². The molecule has 1 aliphatic rings. The van der Waals surface area contributed by atoms with Crippen LogP contribution in [0.5, 0.6) is 11.5 Å². The highest BCUT2D eigenvalue weighted by atomic mass is 16.5. The van der Waals surface area contributed by atoms with E-state index in [1.165, 1.54) is 0 Å². The highest BCUT2D eigenvalue weighted by Gasteiger charge is 2.33. The third-order valence-corrected chi connectivity index (χ3v) is 4.25. The van der Waals surface area contributed by atoms with Gasteiger partial charge in [-0.3, -0.25) is 0 Å². The molecule has 4 nitrogen and oxygen atoms in total. The number of rotatable bonds is 7. The van der Waals surface area contributed by atoms with Gasteiger partial charge in [0.1, 0.15) is 11.5 Å². The number of nitrogens with one attached hydrogen (secondary N) is 1. The summed E-state index contributed by atoms with van der Waals surface area (Å²) >= 11 is 0. The first-order valence-corrected chi connectivity index (χ1v) is 7.37. The van der Waals surface area contributed by atoms with Crippen molar-refractivity contribution in [1.29, 1.82) is 0 Å². The molecule has 1 unspecified atom stereocenters. The highest BCUT2D eigenvalue weighted by molar-refractivity contribution is 5.45. The lowest BCUT2D eigenvalue weighted by Gasteiger charge is -2.36. The second-order valence-corrected chi connectivity index (χ2v) is 5.75. The second-order valence-electron chi connectivity index (χ2n) is 5.75. The van der Waals surface area contributed by atoms with Gasteiger partial charge in [0.2, 0.25) is 0 Å². The molecule has 20 heavy (non-hydrogen) atoms. The maximum Gasteiger partial charge on any atom is 0.127 e. The second kappa shape index (κ2) is 6.46. The molecule has 0 spiro atoms. The van der Waals surface area contributed by atoms with E-state index in [4.69, 9.17) is 4.74 Å². The average molecular weight is 279 g/mol. The molecule has 112 valence electrons. The average Bonchev–Trinajstić information content (AvgIpc) is 2.41. The van der Waals surface area contributed by atoms with Crippen LogP contribution in [0.4, 0.5) is 0 Å². The van der Waals surface area contributed by atoms with Gasteiger partial charge in [-0.25, -0.2) is 0 Å². The van der Waals surface area contributed by atoms with Crippen molar-refractivity contribution < 1.29 is 14.9 Å². The molecule has 0 aliphatic heterocycles. The fourth-order valence-electron chi connectivity index (χ4n) is 2.82. The molecule has 0 saturated heterocycles. The lowest BCUT2D eigenvalue weighted by Crippen LogP contribution is -2.37. The Morgan fingerprint density at radius 3 is 2.75 bits per heavy atom. The number of aliphatic hydroxyl groups is 1. The standard InChI is InChI=1S/C16H25NO3/c1-12(15-13(18)6-3-7-14(15)20-2)17-11-5-10-16(19)8-4-9-16/h3,6-7,12,17-19H,4-5,8-11H2,1-2H3. The Bertz CT molecular complexity index is 443. The van der Waals surface area contributed by atoms with E-state index in [1.807, 2.05) is 13.0 Å². The molecule has 1 aromatic rings. The highest BCUT2D eigenvalue weighted by Crippen LogP contribution is 2.36. The van der Waals surface area contributed by atoms with Gasteiger partial charge in [-0.05, 0) is 57.7 Å². The molecule has 3 N–H and O–H groups in total. The molecule has 0 radical (unpaired) electrons. The van der Waals surface area contributed by atoms with Gasteiger partial charge in [0.05, 0.1) is 18.3 Å². The molecule has 1 aromatic carbocycles. The summed E-state index contributed by atoms with van der Waals surface area (Å²) in [4.78, 5) is 0. The van der Waals surface area contributed by atoms with E-state index < -0.39 is 5.60 Å². The molecular formula is C16H25NO3. The maximum absolute atomic E-state index is 10.0. The van der Waals surface area contributed by atoms with Gasteiger partial charge < -0.3 is 20.3 Å². The van der Waals surface area contributed by atoms with Gasteiger partial charge in [-0.1, -0.05) is 6.07 Å². The number of phenols is 1. The van der Waals surface area contributed by atoms with E-state index in [9.17, 15) is 10.2 Å². The van der Waals surface area contributed by atoms with Crippen molar-refractivity contribution in [3.05, 3.63) is 23.8 Å². The Balaban J connectivity index is 1.84. The van der Waals surface area contributed by atoms with E-state index in [1.54, 1.807) is 19.2 Å². The fraction of sp³-hybridized carbons (Fsp3) is 0.625. The Kier molecular flexibility index (Phi) is 4.89. The van der Waals surface area contributed by atoms with Crippen LogP contribution in [0.15, 0.2) is 18.2 Å². The fourth-order valence-corrected chi connectivity index (χ4v) is 2.82. The Morgan fingerprint density at radius 2 is 2.15 bits per heavy atom. The molecule has 2 rings (SSSR count). The minimum Gasteiger partial charge on any atom is -0.507 e. The topological polar surface area (TPSA) is 61.7 Å². The van der Waals surface area contributed by atoms with Gasteiger partial charge in [0, 0.05) is 6.04 Å². The molecule has 0 heterocycles. The maximum atomic E-state index is 10.0. The smallest absolute Gasteiger partial charge is 0.127 e. The Morgan fingerprint density at radius 1 is 1.40 bits per heavy atom. The van der Waals surface area contributed by atoms with Crippen LogP contribution in [0, 0.1) is 0 Å². The number of aromatic hydroxyl groups is 1. The molecule has 0 bridgehead atoms. The zero-order valence-electron chi connectivity index (χ0n) is 12.4. The van der Waals surface area contributed by atoms with Gasteiger partial charge in [0.25, 0.3) is 0 Å². The van der Waals surface area contributed by atoms with Crippen molar-refractivity contribution in [1.82, 2.24) is 5.32 Å². The lowest BCUT2D eigenvalue weighted by molar-refractivity contribution is -0.0414. The van der Waals surface area contributed by atoms with Crippen LogP contribution in [0.25, 0.3) is 0 Å².